The first-order valence-electron chi connectivity index (χ1n) is 6.72. The summed E-state index contributed by atoms with van der Waals surface area (Å²) < 4.78 is 0.599. The van der Waals surface area contributed by atoms with Crippen LogP contribution in [0.1, 0.15) is 25.0 Å². The highest BCUT2D eigenvalue weighted by molar-refractivity contribution is 8.03. The summed E-state index contributed by atoms with van der Waals surface area (Å²) in [6.07, 6.45) is 0. The van der Waals surface area contributed by atoms with Crippen LogP contribution in [0.5, 0.6) is 0 Å². The lowest BCUT2D eigenvalue weighted by Crippen LogP contribution is -2.21. The van der Waals surface area contributed by atoms with Crippen LogP contribution in [0.25, 0.3) is 0 Å². The van der Waals surface area contributed by atoms with Crippen molar-refractivity contribution in [3.63, 3.8) is 0 Å². The molecule has 1 aromatic carbocycles. The maximum Gasteiger partial charge on any atom is 0.210 e. The lowest BCUT2D eigenvalue weighted by Gasteiger charge is -2.06. The second-order valence-corrected chi connectivity index (χ2v) is 7.35. The fourth-order valence-corrected chi connectivity index (χ4v) is 3.64. The van der Waals surface area contributed by atoms with Crippen LogP contribution < -0.4 is 5.32 Å². The molecular formula is C15H17N3O2S2. The van der Waals surface area contributed by atoms with Crippen molar-refractivity contribution in [1.29, 1.82) is 0 Å². The average molecular weight is 335 g/mol. The molecule has 0 radical (unpaired) electrons. The van der Waals surface area contributed by atoms with Gasteiger partial charge in [0.15, 0.2) is 15.9 Å². The number of aryl methyl sites for hydroxylation is 2. The first kappa shape index (κ1) is 16.6. The first-order chi connectivity index (χ1) is 10.4. The van der Waals surface area contributed by atoms with Crippen LogP contribution in [0.15, 0.2) is 22.5 Å². The number of thioether (sulfide) groups is 1. The van der Waals surface area contributed by atoms with Crippen LogP contribution >= 0.6 is 23.1 Å². The smallest absolute Gasteiger partial charge is 0.210 e. The summed E-state index contributed by atoms with van der Waals surface area (Å²) >= 11 is 2.47. The molecule has 0 atom stereocenters. The molecule has 0 unspecified atom stereocenters. The standard InChI is InChI=1S/C15H17N3O2S2/c1-8-5-6-12(7-9(8)2)16-14-17-18-15(22-14)21-13(10(3)19)11(4)20/h5-7,13H,1-4H3,(H,16,17). The Morgan fingerprint density at radius 3 is 2.41 bits per heavy atom. The van der Waals surface area contributed by atoms with Crippen LogP contribution in [0.4, 0.5) is 10.8 Å². The predicted octanol–water partition coefficient (Wildman–Crippen LogP) is 3.54. The molecular weight excluding hydrogens is 318 g/mol. The molecule has 0 spiro atoms. The van der Waals surface area contributed by atoms with E-state index >= 15 is 0 Å². The summed E-state index contributed by atoms with van der Waals surface area (Å²) in [5, 5.41) is 11.2. The summed E-state index contributed by atoms with van der Waals surface area (Å²) in [5.74, 6) is -0.340. The Bertz CT molecular complexity index is 699. The van der Waals surface area contributed by atoms with Crippen molar-refractivity contribution in [2.45, 2.75) is 37.3 Å². The monoisotopic (exact) mass is 335 g/mol. The van der Waals surface area contributed by atoms with E-state index in [0.717, 1.165) is 17.4 Å². The van der Waals surface area contributed by atoms with Crippen LogP contribution in [0.2, 0.25) is 0 Å². The van der Waals surface area contributed by atoms with Crippen molar-refractivity contribution in [2.24, 2.45) is 0 Å². The SMILES string of the molecule is CC(=O)C(Sc1nnc(Nc2ccc(C)c(C)c2)s1)C(C)=O. The highest BCUT2D eigenvalue weighted by atomic mass is 32.2. The average Bonchev–Trinajstić information content (AvgIpc) is 2.87. The maximum atomic E-state index is 11.5. The Kier molecular flexibility index (Phi) is 5.31. The van der Waals surface area contributed by atoms with E-state index in [0.29, 0.717) is 9.47 Å². The van der Waals surface area contributed by atoms with Crippen LogP contribution in [0.3, 0.4) is 0 Å². The fourth-order valence-electron chi connectivity index (χ4n) is 1.80. The number of nitrogens with zero attached hydrogens (tertiary/aromatic N) is 2. The molecule has 0 bridgehead atoms. The Morgan fingerprint density at radius 2 is 1.82 bits per heavy atom. The van der Waals surface area contributed by atoms with Crippen molar-refractivity contribution in [3.8, 4) is 0 Å². The molecule has 0 amide bonds. The Labute approximate surface area is 137 Å². The number of carbonyl (C=O) groups is 2. The number of ketones is 2. The number of carbonyl (C=O) groups excluding carboxylic acids is 2. The van der Waals surface area contributed by atoms with Crippen molar-refractivity contribution in [1.82, 2.24) is 10.2 Å². The van der Waals surface area contributed by atoms with Gasteiger partial charge in [0.2, 0.25) is 5.13 Å². The number of hydrogen-bond acceptors (Lipinski definition) is 7. The fraction of sp³-hybridized carbons (Fsp3) is 0.333. The van der Waals surface area contributed by atoms with E-state index in [1.807, 2.05) is 25.1 Å². The summed E-state index contributed by atoms with van der Waals surface area (Å²) in [7, 11) is 0. The van der Waals surface area contributed by atoms with E-state index in [4.69, 9.17) is 0 Å². The number of benzene rings is 1. The molecule has 0 aliphatic carbocycles. The van der Waals surface area contributed by atoms with Gasteiger partial charge in [0.1, 0.15) is 5.25 Å². The number of Topliss-reactive ketones (excluding diaryl/α,β-unsaturated/α-hetero) is 2. The van der Waals surface area contributed by atoms with Gasteiger partial charge in [-0.15, -0.1) is 10.2 Å². The molecule has 2 aromatic rings. The summed E-state index contributed by atoms with van der Waals surface area (Å²) in [6.45, 7) is 6.93. The molecule has 0 saturated heterocycles. The molecule has 0 fully saturated rings. The van der Waals surface area contributed by atoms with Crippen LogP contribution in [-0.2, 0) is 9.59 Å². The zero-order chi connectivity index (χ0) is 16.3. The van der Waals surface area contributed by atoms with Crippen molar-refractivity contribution >= 4 is 45.5 Å². The Balaban J connectivity index is 2.09. The van der Waals surface area contributed by atoms with Crippen molar-refractivity contribution in [2.75, 3.05) is 5.32 Å². The number of rotatable bonds is 6. The molecule has 1 aromatic heterocycles. The predicted molar refractivity (Wildman–Crippen MR) is 90.1 cm³/mol. The quantitative estimate of drug-likeness (QED) is 0.643. The van der Waals surface area contributed by atoms with Crippen LogP contribution in [-0.4, -0.2) is 27.0 Å². The van der Waals surface area contributed by atoms with Gasteiger partial charge >= 0.3 is 0 Å². The van der Waals surface area contributed by atoms with Gasteiger partial charge in [-0.1, -0.05) is 29.2 Å². The van der Waals surface area contributed by atoms with Crippen LogP contribution in [0, 0.1) is 13.8 Å². The van der Waals surface area contributed by atoms with E-state index in [-0.39, 0.29) is 11.6 Å². The third kappa shape index (κ3) is 4.14. The second kappa shape index (κ2) is 7.02. The van der Waals surface area contributed by atoms with E-state index in [9.17, 15) is 9.59 Å². The molecule has 22 heavy (non-hydrogen) atoms. The number of nitrogens with one attached hydrogen (secondary N) is 1. The largest absolute Gasteiger partial charge is 0.330 e. The van der Waals surface area contributed by atoms with Gasteiger partial charge in [0, 0.05) is 5.69 Å². The number of hydrogen-bond donors (Lipinski definition) is 1. The van der Waals surface area contributed by atoms with E-state index in [1.54, 1.807) is 0 Å². The summed E-state index contributed by atoms with van der Waals surface area (Å²) in [5.41, 5.74) is 3.35. The molecule has 0 aliphatic rings. The molecule has 2 rings (SSSR count). The lowest BCUT2D eigenvalue weighted by molar-refractivity contribution is -0.123. The van der Waals surface area contributed by atoms with E-state index in [1.165, 1.54) is 36.3 Å². The highest BCUT2D eigenvalue weighted by Gasteiger charge is 2.22. The molecule has 7 heteroatoms. The van der Waals surface area contributed by atoms with E-state index < -0.39 is 5.25 Å². The summed E-state index contributed by atoms with van der Waals surface area (Å²) in [6, 6.07) is 6.05. The number of anilines is 2. The Hall–Kier alpha value is -1.73. The zero-order valence-corrected chi connectivity index (χ0v) is 14.5. The van der Waals surface area contributed by atoms with Crippen molar-refractivity contribution < 1.29 is 9.59 Å². The van der Waals surface area contributed by atoms with Gasteiger partial charge in [-0.2, -0.15) is 0 Å². The third-order valence-electron chi connectivity index (χ3n) is 3.12. The molecule has 1 heterocycles. The molecule has 0 aliphatic heterocycles. The Morgan fingerprint density at radius 1 is 1.14 bits per heavy atom. The number of aromatic nitrogens is 2. The normalized spacial score (nSPS) is 10.8. The molecule has 0 saturated carbocycles. The minimum Gasteiger partial charge on any atom is -0.330 e. The highest BCUT2D eigenvalue weighted by Crippen LogP contribution is 2.31. The van der Waals surface area contributed by atoms with Gasteiger partial charge in [-0.25, -0.2) is 0 Å². The topological polar surface area (TPSA) is 72.0 Å². The first-order valence-corrected chi connectivity index (χ1v) is 8.42. The minimum absolute atomic E-state index is 0.170. The lowest BCUT2D eigenvalue weighted by atomic mass is 10.1. The van der Waals surface area contributed by atoms with Gasteiger partial charge in [-0.3, -0.25) is 9.59 Å². The van der Waals surface area contributed by atoms with Gasteiger partial charge in [0.25, 0.3) is 0 Å². The van der Waals surface area contributed by atoms with Gasteiger partial charge in [-0.05, 0) is 51.0 Å². The second-order valence-electron chi connectivity index (χ2n) is 5.02. The molecule has 116 valence electrons. The maximum absolute atomic E-state index is 11.5. The van der Waals surface area contributed by atoms with Gasteiger partial charge in [0.05, 0.1) is 0 Å². The minimum atomic E-state index is -0.706. The zero-order valence-electron chi connectivity index (χ0n) is 12.8. The summed E-state index contributed by atoms with van der Waals surface area (Å²) in [4.78, 5) is 22.9. The molecule has 5 nitrogen and oxygen atoms in total. The van der Waals surface area contributed by atoms with Gasteiger partial charge < -0.3 is 5.32 Å². The third-order valence-corrected chi connectivity index (χ3v) is 5.48. The van der Waals surface area contributed by atoms with Crippen molar-refractivity contribution in [3.05, 3.63) is 29.3 Å². The van der Waals surface area contributed by atoms with E-state index in [2.05, 4.69) is 22.4 Å². The molecule has 1 N–H and O–H groups in total.